The Morgan fingerprint density at radius 2 is 2.15 bits per heavy atom. The first-order valence-corrected chi connectivity index (χ1v) is 5.95. The summed E-state index contributed by atoms with van der Waals surface area (Å²) in [5.41, 5.74) is 4.77. The summed E-state index contributed by atoms with van der Waals surface area (Å²) >= 11 is 0. The number of hydrogen-bond donors (Lipinski definition) is 2. The van der Waals surface area contributed by atoms with Gasteiger partial charge in [0, 0.05) is 12.0 Å². The fourth-order valence-electron chi connectivity index (χ4n) is 2.23. The second-order valence-corrected chi connectivity index (χ2v) is 4.41. The average Bonchev–Trinajstić information content (AvgIpc) is 2.38. The average molecular weight is 280 g/mol. The van der Waals surface area contributed by atoms with Crippen molar-refractivity contribution in [3.05, 3.63) is 29.1 Å². The van der Waals surface area contributed by atoms with Crippen LogP contribution in [-0.4, -0.2) is 24.8 Å². The molecule has 1 aliphatic rings. The molecule has 1 saturated heterocycles. The minimum absolute atomic E-state index is 0.00560. The van der Waals surface area contributed by atoms with Crippen molar-refractivity contribution >= 4 is 17.7 Å². The van der Waals surface area contributed by atoms with Crippen LogP contribution in [0.15, 0.2) is 12.1 Å². The van der Waals surface area contributed by atoms with E-state index in [0.717, 1.165) is 0 Å². The van der Waals surface area contributed by atoms with E-state index < -0.39 is 35.0 Å². The number of halogens is 1. The van der Waals surface area contributed by atoms with Crippen molar-refractivity contribution in [2.24, 2.45) is 5.73 Å². The van der Waals surface area contributed by atoms with Gasteiger partial charge in [0.05, 0.1) is 13.0 Å². The van der Waals surface area contributed by atoms with E-state index in [2.05, 4.69) is 5.32 Å². The molecule has 1 aromatic carbocycles. The second-order valence-electron chi connectivity index (χ2n) is 4.41. The van der Waals surface area contributed by atoms with Gasteiger partial charge in [-0.15, -0.1) is 0 Å². The van der Waals surface area contributed by atoms with Crippen LogP contribution in [0.2, 0.25) is 0 Å². The first kappa shape index (κ1) is 14.0. The van der Waals surface area contributed by atoms with Crippen LogP contribution < -0.4 is 15.8 Å². The number of amides is 3. The van der Waals surface area contributed by atoms with Crippen molar-refractivity contribution in [2.45, 2.75) is 18.8 Å². The van der Waals surface area contributed by atoms with Gasteiger partial charge < -0.3 is 10.5 Å². The predicted octanol–water partition coefficient (Wildman–Crippen LogP) is 0.453. The van der Waals surface area contributed by atoms with Gasteiger partial charge in [0.25, 0.3) is 5.91 Å². The van der Waals surface area contributed by atoms with Crippen LogP contribution in [0.4, 0.5) is 4.39 Å². The zero-order valence-electron chi connectivity index (χ0n) is 10.7. The molecule has 1 heterocycles. The van der Waals surface area contributed by atoms with Crippen LogP contribution in [-0.2, 0) is 9.59 Å². The normalized spacial score (nSPS) is 18.6. The Kier molecular flexibility index (Phi) is 3.69. The molecule has 1 aromatic rings. The molecule has 0 bridgehead atoms. The standard InChI is InChI=1S/C13H13FN2O4/c1-20-8-4-2-6(11(14)10(8)12(15)18)7-3-5-9(17)16-13(7)19/h2,4,7H,3,5H2,1H3,(H2,15,18)(H,16,17,19). The molecule has 1 aliphatic heterocycles. The van der Waals surface area contributed by atoms with Crippen LogP contribution in [0.1, 0.15) is 34.7 Å². The maximum absolute atomic E-state index is 14.4. The third-order valence-corrected chi connectivity index (χ3v) is 3.21. The minimum atomic E-state index is -0.978. The zero-order chi connectivity index (χ0) is 14.9. The highest BCUT2D eigenvalue weighted by Crippen LogP contribution is 2.32. The lowest BCUT2D eigenvalue weighted by Crippen LogP contribution is -2.39. The lowest BCUT2D eigenvalue weighted by molar-refractivity contribution is -0.134. The predicted molar refractivity (Wildman–Crippen MR) is 66.6 cm³/mol. The Labute approximate surface area is 114 Å². The van der Waals surface area contributed by atoms with E-state index in [1.54, 1.807) is 0 Å². The second kappa shape index (κ2) is 5.28. The molecule has 6 nitrogen and oxygen atoms in total. The molecule has 0 aliphatic carbocycles. The van der Waals surface area contributed by atoms with Crippen LogP contribution in [0, 0.1) is 5.82 Å². The smallest absolute Gasteiger partial charge is 0.255 e. The number of methoxy groups -OCH3 is 1. The van der Waals surface area contributed by atoms with Crippen molar-refractivity contribution in [1.82, 2.24) is 5.32 Å². The summed E-state index contributed by atoms with van der Waals surface area (Å²) < 4.78 is 19.3. The topological polar surface area (TPSA) is 98.5 Å². The van der Waals surface area contributed by atoms with Gasteiger partial charge in [-0.05, 0) is 12.5 Å². The summed E-state index contributed by atoms with van der Waals surface area (Å²) in [6, 6.07) is 2.74. The van der Waals surface area contributed by atoms with Gasteiger partial charge in [0.15, 0.2) is 0 Å². The van der Waals surface area contributed by atoms with Gasteiger partial charge in [-0.1, -0.05) is 6.07 Å². The first-order valence-electron chi connectivity index (χ1n) is 5.95. The molecule has 106 valence electrons. The number of primary amides is 1. The van der Waals surface area contributed by atoms with Crippen LogP contribution in [0.3, 0.4) is 0 Å². The van der Waals surface area contributed by atoms with E-state index in [4.69, 9.17) is 10.5 Å². The molecule has 0 aromatic heterocycles. The largest absolute Gasteiger partial charge is 0.496 e. The molecule has 2 rings (SSSR count). The van der Waals surface area contributed by atoms with Gasteiger partial charge in [-0.25, -0.2) is 4.39 Å². The molecule has 1 atom stereocenters. The Hall–Kier alpha value is -2.44. The summed E-state index contributed by atoms with van der Waals surface area (Å²) in [4.78, 5) is 34.2. The van der Waals surface area contributed by atoms with Crippen LogP contribution in [0.25, 0.3) is 0 Å². The molecule has 3 amide bonds. The Balaban J connectivity index is 2.48. The highest BCUT2D eigenvalue weighted by atomic mass is 19.1. The lowest BCUT2D eigenvalue weighted by Gasteiger charge is -2.22. The maximum atomic E-state index is 14.4. The molecule has 0 saturated carbocycles. The third kappa shape index (κ3) is 2.34. The van der Waals surface area contributed by atoms with Crippen molar-refractivity contribution in [2.75, 3.05) is 7.11 Å². The lowest BCUT2D eigenvalue weighted by atomic mass is 9.88. The highest BCUT2D eigenvalue weighted by molar-refractivity contribution is 6.01. The number of imide groups is 1. The number of nitrogens with two attached hydrogens (primary N) is 1. The molecular formula is C13H13FN2O4. The number of ether oxygens (including phenoxy) is 1. The van der Waals surface area contributed by atoms with E-state index in [1.165, 1.54) is 19.2 Å². The molecule has 3 N–H and O–H groups in total. The van der Waals surface area contributed by atoms with Crippen molar-refractivity contribution < 1.29 is 23.5 Å². The summed E-state index contributed by atoms with van der Waals surface area (Å²) in [5.74, 6) is -3.65. The number of nitrogens with one attached hydrogen (secondary N) is 1. The molecule has 1 fully saturated rings. The summed E-state index contributed by atoms with van der Waals surface area (Å²) in [6.45, 7) is 0. The molecule has 0 radical (unpaired) electrons. The first-order chi connectivity index (χ1) is 9.45. The highest BCUT2D eigenvalue weighted by Gasteiger charge is 2.32. The number of piperidine rings is 1. The van der Waals surface area contributed by atoms with Gasteiger partial charge in [0.2, 0.25) is 11.8 Å². The minimum Gasteiger partial charge on any atom is -0.496 e. The van der Waals surface area contributed by atoms with Gasteiger partial charge >= 0.3 is 0 Å². The monoisotopic (exact) mass is 280 g/mol. The Morgan fingerprint density at radius 1 is 1.45 bits per heavy atom. The van der Waals surface area contributed by atoms with Crippen molar-refractivity contribution in [1.29, 1.82) is 0 Å². The number of hydrogen-bond acceptors (Lipinski definition) is 4. The fraction of sp³-hybridized carbons (Fsp3) is 0.308. The molecule has 20 heavy (non-hydrogen) atoms. The number of carbonyl (C=O) groups is 3. The summed E-state index contributed by atoms with van der Waals surface area (Å²) in [5, 5.41) is 2.14. The summed E-state index contributed by atoms with van der Waals surface area (Å²) in [6.07, 6.45) is 0.305. The van der Waals surface area contributed by atoms with Gasteiger partial charge in [0.1, 0.15) is 17.1 Å². The van der Waals surface area contributed by atoms with Crippen molar-refractivity contribution in [3.8, 4) is 5.75 Å². The van der Waals surface area contributed by atoms with Crippen LogP contribution >= 0.6 is 0 Å². The number of carbonyl (C=O) groups excluding carboxylic acids is 3. The molecule has 0 spiro atoms. The van der Waals surface area contributed by atoms with Gasteiger partial charge in [-0.3, -0.25) is 19.7 Å². The van der Waals surface area contributed by atoms with E-state index in [-0.39, 0.29) is 24.2 Å². The van der Waals surface area contributed by atoms with E-state index in [9.17, 15) is 18.8 Å². The molecular weight excluding hydrogens is 267 g/mol. The quantitative estimate of drug-likeness (QED) is 0.785. The van der Waals surface area contributed by atoms with E-state index >= 15 is 0 Å². The van der Waals surface area contributed by atoms with Crippen LogP contribution in [0.5, 0.6) is 5.75 Å². The fourth-order valence-corrected chi connectivity index (χ4v) is 2.23. The molecule has 7 heteroatoms. The third-order valence-electron chi connectivity index (χ3n) is 3.21. The maximum Gasteiger partial charge on any atom is 0.255 e. The Bertz CT molecular complexity index is 600. The SMILES string of the molecule is COc1ccc(C2CCC(=O)NC2=O)c(F)c1C(N)=O. The molecule has 1 unspecified atom stereocenters. The summed E-state index contributed by atoms with van der Waals surface area (Å²) in [7, 11) is 1.28. The van der Waals surface area contributed by atoms with Crippen molar-refractivity contribution in [3.63, 3.8) is 0 Å². The number of rotatable bonds is 3. The zero-order valence-corrected chi connectivity index (χ0v) is 10.7. The number of benzene rings is 1. The van der Waals surface area contributed by atoms with E-state index in [0.29, 0.717) is 0 Å². The van der Waals surface area contributed by atoms with Gasteiger partial charge in [-0.2, -0.15) is 0 Å². The Morgan fingerprint density at radius 3 is 2.70 bits per heavy atom. The van der Waals surface area contributed by atoms with E-state index in [1.807, 2.05) is 0 Å².